The fourth-order valence-corrected chi connectivity index (χ4v) is 4.71. The van der Waals surface area contributed by atoms with Crippen LogP contribution in [0, 0.1) is 6.92 Å². The van der Waals surface area contributed by atoms with Crippen molar-refractivity contribution in [1.82, 2.24) is 25.1 Å². The lowest BCUT2D eigenvalue weighted by molar-refractivity contribution is -0.117. The number of aromatic nitrogens is 4. The maximum atomic E-state index is 13.4. The van der Waals surface area contributed by atoms with E-state index in [9.17, 15) is 9.59 Å². The number of amides is 2. The summed E-state index contributed by atoms with van der Waals surface area (Å²) in [4.78, 5) is 36.5. The van der Waals surface area contributed by atoms with Crippen LogP contribution in [0.3, 0.4) is 0 Å². The van der Waals surface area contributed by atoms with E-state index in [-0.39, 0.29) is 11.8 Å². The molecule has 35 heavy (non-hydrogen) atoms. The highest BCUT2D eigenvalue weighted by Gasteiger charge is 2.29. The Balaban J connectivity index is 1.28. The summed E-state index contributed by atoms with van der Waals surface area (Å²) in [6.45, 7) is 3.06. The molecule has 1 aliphatic heterocycles. The lowest BCUT2D eigenvalue weighted by Gasteiger charge is -2.16. The average Bonchev–Trinajstić information content (AvgIpc) is 3.57. The summed E-state index contributed by atoms with van der Waals surface area (Å²) in [6, 6.07) is 15.4. The molecule has 0 bridgehead atoms. The number of nitrogens with one attached hydrogen (secondary N) is 1. The molecular formula is C27H26N6O2. The van der Waals surface area contributed by atoms with Crippen molar-refractivity contribution < 1.29 is 9.59 Å². The van der Waals surface area contributed by atoms with Gasteiger partial charge in [-0.25, -0.2) is 9.97 Å². The molecule has 6 rings (SSSR count). The molecule has 1 saturated carbocycles. The van der Waals surface area contributed by atoms with Crippen LogP contribution < -0.4 is 10.2 Å². The van der Waals surface area contributed by atoms with Gasteiger partial charge in [-0.3, -0.25) is 9.59 Å². The van der Waals surface area contributed by atoms with Gasteiger partial charge in [0.25, 0.3) is 5.91 Å². The molecular weight excluding hydrogens is 440 g/mol. The number of carbonyl (C=O) groups is 2. The minimum atomic E-state index is -0.151. The first-order valence-electron chi connectivity index (χ1n) is 12.1. The Hall–Kier alpha value is -4.07. The molecule has 0 spiro atoms. The van der Waals surface area contributed by atoms with E-state index in [0.717, 1.165) is 53.8 Å². The fourth-order valence-electron chi connectivity index (χ4n) is 4.71. The van der Waals surface area contributed by atoms with Crippen molar-refractivity contribution in [2.45, 2.75) is 45.1 Å². The summed E-state index contributed by atoms with van der Waals surface area (Å²) >= 11 is 0. The van der Waals surface area contributed by atoms with Crippen LogP contribution >= 0.6 is 0 Å². The van der Waals surface area contributed by atoms with Gasteiger partial charge in [-0.15, -0.1) is 0 Å². The van der Waals surface area contributed by atoms with E-state index < -0.39 is 0 Å². The topological polar surface area (TPSA) is 93.0 Å². The summed E-state index contributed by atoms with van der Waals surface area (Å²) in [5, 5.41) is 8.49. The molecule has 1 saturated heterocycles. The summed E-state index contributed by atoms with van der Waals surface area (Å²) in [7, 11) is 0. The van der Waals surface area contributed by atoms with Crippen molar-refractivity contribution in [2.75, 3.05) is 11.4 Å². The van der Waals surface area contributed by atoms with Crippen molar-refractivity contribution in [2.24, 2.45) is 0 Å². The largest absolute Gasteiger partial charge is 0.348 e. The van der Waals surface area contributed by atoms with E-state index in [1.807, 2.05) is 60.4 Å². The predicted octanol–water partition coefficient (Wildman–Crippen LogP) is 4.06. The van der Waals surface area contributed by atoms with E-state index in [0.29, 0.717) is 35.9 Å². The fraction of sp³-hybridized carbons (Fsp3) is 0.296. The molecule has 1 aromatic carbocycles. The molecule has 2 amide bonds. The van der Waals surface area contributed by atoms with E-state index >= 15 is 0 Å². The number of rotatable bonds is 6. The van der Waals surface area contributed by atoms with Gasteiger partial charge < -0.3 is 10.2 Å². The molecule has 2 aliphatic rings. The lowest BCUT2D eigenvalue weighted by Crippen LogP contribution is -2.24. The number of aryl methyl sites for hydroxylation is 1. The number of anilines is 1. The van der Waals surface area contributed by atoms with Crippen LogP contribution in [-0.2, 0) is 11.3 Å². The Morgan fingerprint density at radius 2 is 1.97 bits per heavy atom. The maximum absolute atomic E-state index is 13.4. The third kappa shape index (κ3) is 4.05. The maximum Gasteiger partial charge on any atom is 0.252 e. The van der Waals surface area contributed by atoms with Gasteiger partial charge in [0.15, 0.2) is 11.5 Å². The van der Waals surface area contributed by atoms with Gasteiger partial charge in [0, 0.05) is 43.0 Å². The van der Waals surface area contributed by atoms with Crippen molar-refractivity contribution >= 4 is 28.5 Å². The Labute approximate surface area is 203 Å². The minimum absolute atomic E-state index is 0.151. The SMILES string of the molecule is Cc1nn(-c2ccccn2)c2nc(C3CC3)cc(C(=O)NCc3ccc(N4CCCC4=O)cc3)c12. The summed E-state index contributed by atoms with van der Waals surface area (Å²) in [5.41, 5.74) is 4.81. The first-order chi connectivity index (χ1) is 17.1. The van der Waals surface area contributed by atoms with Crippen LogP contribution in [0.25, 0.3) is 16.9 Å². The van der Waals surface area contributed by atoms with Gasteiger partial charge in [0.2, 0.25) is 5.91 Å². The third-order valence-corrected chi connectivity index (χ3v) is 6.71. The molecule has 2 fully saturated rings. The highest BCUT2D eigenvalue weighted by Crippen LogP contribution is 2.40. The van der Waals surface area contributed by atoms with Crippen molar-refractivity contribution in [3.8, 4) is 5.82 Å². The molecule has 3 aromatic heterocycles. The predicted molar refractivity (Wildman–Crippen MR) is 133 cm³/mol. The number of hydrogen-bond donors (Lipinski definition) is 1. The molecule has 0 unspecified atom stereocenters. The van der Waals surface area contributed by atoms with Crippen LogP contribution in [0.2, 0.25) is 0 Å². The monoisotopic (exact) mass is 466 g/mol. The zero-order chi connectivity index (χ0) is 23.9. The average molecular weight is 467 g/mol. The standard InChI is InChI=1S/C27H26N6O2/c1-17-25-21(27(35)29-16-18-7-11-20(12-8-18)32-14-4-6-24(32)34)15-22(19-9-10-19)30-26(25)33(31-17)23-5-2-3-13-28-23/h2-3,5,7-8,11-13,15,19H,4,6,9-10,14,16H2,1H3,(H,29,35). The van der Waals surface area contributed by atoms with E-state index in [4.69, 9.17) is 4.98 Å². The first-order valence-corrected chi connectivity index (χ1v) is 12.1. The smallest absolute Gasteiger partial charge is 0.252 e. The Morgan fingerprint density at radius 3 is 2.66 bits per heavy atom. The number of nitrogens with zero attached hydrogens (tertiary/aromatic N) is 5. The zero-order valence-electron chi connectivity index (χ0n) is 19.6. The van der Waals surface area contributed by atoms with Crippen molar-refractivity contribution in [1.29, 1.82) is 0 Å². The van der Waals surface area contributed by atoms with Crippen LogP contribution in [0.4, 0.5) is 5.69 Å². The molecule has 1 aliphatic carbocycles. The Morgan fingerprint density at radius 1 is 1.14 bits per heavy atom. The molecule has 4 aromatic rings. The number of fused-ring (bicyclic) bond motifs is 1. The van der Waals surface area contributed by atoms with Gasteiger partial charge in [-0.2, -0.15) is 9.78 Å². The zero-order valence-corrected chi connectivity index (χ0v) is 19.6. The lowest BCUT2D eigenvalue weighted by atomic mass is 10.1. The molecule has 8 heteroatoms. The van der Waals surface area contributed by atoms with Gasteiger partial charge in [-0.1, -0.05) is 18.2 Å². The van der Waals surface area contributed by atoms with Gasteiger partial charge in [0.1, 0.15) is 0 Å². The Bertz CT molecular complexity index is 1420. The Kier molecular flexibility index (Phi) is 5.28. The summed E-state index contributed by atoms with van der Waals surface area (Å²) in [5.74, 6) is 1.08. The van der Waals surface area contributed by atoms with Crippen LogP contribution in [0.5, 0.6) is 0 Å². The highest BCUT2D eigenvalue weighted by atomic mass is 16.2. The molecule has 0 radical (unpaired) electrons. The van der Waals surface area contributed by atoms with Crippen molar-refractivity contribution in [3.05, 3.63) is 77.2 Å². The van der Waals surface area contributed by atoms with E-state index in [1.165, 1.54) is 0 Å². The van der Waals surface area contributed by atoms with Crippen LogP contribution in [0.15, 0.2) is 54.7 Å². The molecule has 0 atom stereocenters. The highest BCUT2D eigenvalue weighted by molar-refractivity contribution is 6.06. The number of hydrogen-bond acceptors (Lipinski definition) is 5. The van der Waals surface area contributed by atoms with Crippen LogP contribution in [-0.4, -0.2) is 38.1 Å². The quantitative estimate of drug-likeness (QED) is 0.463. The minimum Gasteiger partial charge on any atom is -0.348 e. The van der Waals surface area contributed by atoms with E-state index in [1.54, 1.807) is 10.9 Å². The summed E-state index contributed by atoms with van der Waals surface area (Å²) < 4.78 is 1.73. The van der Waals surface area contributed by atoms with Gasteiger partial charge in [-0.05, 0) is 62.1 Å². The van der Waals surface area contributed by atoms with Crippen LogP contribution in [0.1, 0.15) is 58.9 Å². The van der Waals surface area contributed by atoms with Gasteiger partial charge in [0.05, 0.1) is 16.6 Å². The molecule has 176 valence electrons. The first kappa shape index (κ1) is 21.5. The normalized spacial score (nSPS) is 15.7. The number of pyridine rings is 2. The molecule has 8 nitrogen and oxygen atoms in total. The summed E-state index contributed by atoms with van der Waals surface area (Å²) in [6.07, 6.45) is 5.40. The van der Waals surface area contributed by atoms with E-state index in [2.05, 4.69) is 15.4 Å². The second-order valence-electron chi connectivity index (χ2n) is 9.25. The molecule has 4 heterocycles. The van der Waals surface area contributed by atoms with Crippen molar-refractivity contribution in [3.63, 3.8) is 0 Å². The number of carbonyl (C=O) groups excluding carboxylic acids is 2. The number of benzene rings is 1. The third-order valence-electron chi connectivity index (χ3n) is 6.71. The second kappa shape index (κ2) is 8.61. The second-order valence-corrected chi connectivity index (χ2v) is 9.25. The molecule has 1 N–H and O–H groups in total. The van der Waals surface area contributed by atoms with Gasteiger partial charge >= 0.3 is 0 Å².